The van der Waals surface area contributed by atoms with Crippen LogP contribution in [0.2, 0.25) is 10.0 Å². The molecule has 0 atom stereocenters. The molecule has 2 aromatic heterocycles. The number of benzene rings is 2. The minimum absolute atomic E-state index is 0.0750. The molecule has 0 fully saturated rings. The molecule has 0 unspecified atom stereocenters. The second kappa shape index (κ2) is 8.52. The van der Waals surface area contributed by atoms with Crippen LogP contribution in [0.4, 0.5) is 0 Å². The first kappa shape index (κ1) is 19.9. The fourth-order valence-electron chi connectivity index (χ4n) is 3.85. The molecule has 4 rings (SSSR count). The maximum atomic E-state index is 12.3. The molecule has 6 heteroatoms. The van der Waals surface area contributed by atoms with Crippen LogP contribution in [0.3, 0.4) is 0 Å². The lowest BCUT2D eigenvalue weighted by molar-refractivity contribution is -0.121. The van der Waals surface area contributed by atoms with Crippen molar-refractivity contribution in [2.75, 3.05) is 6.54 Å². The Hall–Kier alpha value is -2.43. The molecule has 0 bridgehead atoms. The van der Waals surface area contributed by atoms with E-state index in [-0.39, 0.29) is 5.91 Å². The summed E-state index contributed by atoms with van der Waals surface area (Å²) in [5.41, 5.74) is 4.59. The first-order valence-corrected chi connectivity index (χ1v) is 10.5. The number of aromatic nitrogens is 2. The van der Waals surface area contributed by atoms with E-state index < -0.39 is 0 Å². The van der Waals surface area contributed by atoms with Gasteiger partial charge in [0.2, 0.25) is 5.91 Å². The third-order valence-corrected chi connectivity index (χ3v) is 5.80. The lowest BCUT2D eigenvalue weighted by Crippen LogP contribution is -2.24. The van der Waals surface area contributed by atoms with Crippen LogP contribution in [0.1, 0.15) is 24.0 Å². The number of hydrogen-bond donors (Lipinski definition) is 2. The number of nitrogens with zero attached hydrogens (tertiary/aromatic N) is 1. The average molecular weight is 428 g/mol. The Morgan fingerprint density at radius 2 is 1.79 bits per heavy atom. The minimum atomic E-state index is 0.0750. The monoisotopic (exact) mass is 427 g/mol. The number of fused-ring (bicyclic) bond motifs is 2. The van der Waals surface area contributed by atoms with E-state index in [1.165, 1.54) is 5.56 Å². The van der Waals surface area contributed by atoms with Crippen molar-refractivity contribution in [1.29, 1.82) is 0 Å². The zero-order chi connectivity index (χ0) is 20.4. The molecule has 2 heterocycles. The first-order chi connectivity index (χ1) is 14.0. The second-order valence-electron chi connectivity index (χ2n) is 7.38. The third kappa shape index (κ3) is 4.44. The molecule has 0 saturated carbocycles. The first-order valence-electron chi connectivity index (χ1n) is 9.77. The van der Waals surface area contributed by atoms with E-state index in [1.54, 1.807) is 0 Å². The van der Waals surface area contributed by atoms with Crippen LogP contribution in [0, 0.1) is 0 Å². The van der Waals surface area contributed by atoms with E-state index in [4.69, 9.17) is 23.2 Å². The summed E-state index contributed by atoms with van der Waals surface area (Å²) < 4.78 is 2.08. The molecule has 1 amide bonds. The molecule has 0 saturated heterocycles. The summed E-state index contributed by atoms with van der Waals surface area (Å²) in [5.74, 6) is 0.0750. The highest BCUT2D eigenvalue weighted by Gasteiger charge is 2.10. The number of aromatic amines is 1. The van der Waals surface area contributed by atoms with Gasteiger partial charge < -0.3 is 14.9 Å². The summed E-state index contributed by atoms with van der Waals surface area (Å²) >= 11 is 12.2. The highest BCUT2D eigenvalue weighted by molar-refractivity contribution is 6.31. The SMILES string of the molecule is Cn1cc(CCC(=O)NCCCc2c[nH]c3ccc(Cl)cc23)c2cc(Cl)ccc21. The normalized spacial score (nSPS) is 11.4. The smallest absolute Gasteiger partial charge is 0.220 e. The van der Waals surface area contributed by atoms with Gasteiger partial charge in [-0.25, -0.2) is 0 Å². The van der Waals surface area contributed by atoms with Crippen molar-refractivity contribution in [3.05, 3.63) is 70.0 Å². The number of carbonyl (C=O) groups is 1. The van der Waals surface area contributed by atoms with Crippen molar-refractivity contribution in [2.45, 2.75) is 25.7 Å². The number of amides is 1. The van der Waals surface area contributed by atoms with Gasteiger partial charge in [-0.15, -0.1) is 0 Å². The molecular weight excluding hydrogens is 405 g/mol. The third-order valence-electron chi connectivity index (χ3n) is 5.33. The van der Waals surface area contributed by atoms with E-state index in [2.05, 4.69) is 21.1 Å². The van der Waals surface area contributed by atoms with E-state index in [1.807, 2.05) is 49.6 Å². The van der Waals surface area contributed by atoms with Crippen molar-refractivity contribution >= 4 is 50.9 Å². The molecule has 0 spiro atoms. The molecule has 4 nitrogen and oxygen atoms in total. The Morgan fingerprint density at radius 3 is 2.62 bits per heavy atom. The van der Waals surface area contributed by atoms with Gasteiger partial charge in [0.05, 0.1) is 0 Å². The number of rotatable bonds is 7. The van der Waals surface area contributed by atoms with E-state index in [0.29, 0.717) is 24.4 Å². The van der Waals surface area contributed by atoms with Crippen molar-refractivity contribution in [2.24, 2.45) is 7.05 Å². The van der Waals surface area contributed by atoms with E-state index in [9.17, 15) is 4.79 Å². The largest absolute Gasteiger partial charge is 0.361 e. The van der Waals surface area contributed by atoms with Gasteiger partial charge in [0.15, 0.2) is 0 Å². The van der Waals surface area contributed by atoms with Crippen LogP contribution in [0.15, 0.2) is 48.8 Å². The lowest BCUT2D eigenvalue weighted by Gasteiger charge is -2.05. The van der Waals surface area contributed by atoms with E-state index in [0.717, 1.165) is 45.2 Å². The highest BCUT2D eigenvalue weighted by Crippen LogP contribution is 2.25. The molecule has 150 valence electrons. The van der Waals surface area contributed by atoms with Gasteiger partial charge in [-0.2, -0.15) is 0 Å². The molecule has 4 aromatic rings. The Bertz CT molecular complexity index is 1180. The molecule has 0 radical (unpaired) electrons. The molecule has 0 aliphatic rings. The number of aryl methyl sites for hydroxylation is 3. The number of halogens is 2. The second-order valence-corrected chi connectivity index (χ2v) is 8.26. The summed E-state index contributed by atoms with van der Waals surface area (Å²) in [5, 5.41) is 6.75. The van der Waals surface area contributed by atoms with Crippen LogP contribution in [-0.2, 0) is 24.7 Å². The van der Waals surface area contributed by atoms with Crippen LogP contribution >= 0.6 is 23.2 Å². The highest BCUT2D eigenvalue weighted by atomic mass is 35.5. The number of carbonyl (C=O) groups excluding carboxylic acids is 1. The van der Waals surface area contributed by atoms with Gasteiger partial charge in [0.1, 0.15) is 0 Å². The molecule has 2 aromatic carbocycles. The Morgan fingerprint density at radius 1 is 1.03 bits per heavy atom. The summed E-state index contributed by atoms with van der Waals surface area (Å²) in [6, 6.07) is 11.7. The van der Waals surface area contributed by atoms with Gasteiger partial charge in [0.25, 0.3) is 0 Å². The molecule has 0 aliphatic heterocycles. The Labute approximate surface area is 179 Å². The van der Waals surface area contributed by atoms with Crippen LogP contribution in [0.25, 0.3) is 21.8 Å². The predicted octanol–water partition coefficient (Wildman–Crippen LogP) is 5.65. The number of H-pyrrole nitrogens is 1. The molecule has 29 heavy (non-hydrogen) atoms. The quantitative estimate of drug-likeness (QED) is 0.368. The lowest BCUT2D eigenvalue weighted by atomic mass is 10.1. The van der Waals surface area contributed by atoms with Crippen LogP contribution < -0.4 is 5.32 Å². The number of hydrogen-bond acceptors (Lipinski definition) is 1. The fraction of sp³-hybridized carbons (Fsp3) is 0.261. The minimum Gasteiger partial charge on any atom is -0.361 e. The maximum Gasteiger partial charge on any atom is 0.220 e. The topological polar surface area (TPSA) is 49.8 Å². The van der Waals surface area contributed by atoms with Crippen LogP contribution in [0.5, 0.6) is 0 Å². The standard InChI is InChI=1S/C23H23Cl2N3O/c1-28-14-16(20-12-18(25)6-8-22(20)28)4-9-23(29)26-10-2-3-15-13-27-21-7-5-17(24)11-19(15)21/h5-8,11-14,27H,2-4,9-10H2,1H3,(H,26,29). The maximum absolute atomic E-state index is 12.3. The van der Waals surface area contributed by atoms with Crippen molar-refractivity contribution in [3.63, 3.8) is 0 Å². The summed E-state index contributed by atoms with van der Waals surface area (Å²) in [4.78, 5) is 15.5. The van der Waals surface area contributed by atoms with Crippen LogP contribution in [-0.4, -0.2) is 22.0 Å². The van der Waals surface area contributed by atoms with E-state index >= 15 is 0 Å². The van der Waals surface area contributed by atoms with Crippen molar-refractivity contribution in [3.8, 4) is 0 Å². The van der Waals surface area contributed by atoms with Crippen molar-refractivity contribution in [1.82, 2.24) is 14.9 Å². The Kier molecular flexibility index (Phi) is 5.84. The molecule has 2 N–H and O–H groups in total. The Balaban J connectivity index is 1.27. The fourth-order valence-corrected chi connectivity index (χ4v) is 4.19. The van der Waals surface area contributed by atoms with Gasteiger partial charge in [-0.3, -0.25) is 4.79 Å². The zero-order valence-electron chi connectivity index (χ0n) is 16.3. The molecule has 0 aliphatic carbocycles. The van der Waals surface area contributed by atoms with Crippen molar-refractivity contribution < 1.29 is 4.79 Å². The van der Waals surface area contributed by atoms with Gasteiger partial charge in [-0.05, 0) is 66.8 Å². The zero-order valence-corrected chi connectivity index (χ0v) is 17.8. The molecular formula is C23H23Cl2N3O. The predicted molar refractivity (Wildman–Crippen MR) is 121 cm³/mol. The van der Waals surface area contributed by atoms with Gasteiger partial charge in [-0.1, -0.05) is 23.2 Å². The summed E-state index contributed by atoms with van der Waals surface area (Å²) in [7, 11) is 2.01. The van der Waals surface area contributed by atoms with Gasteiger partial charge >= 0.3 is 0 Å². The number of nitrogens with one attached hydrogen (secondary N) is 2. The summed E-state index contributed by atoms with van der Waals surface area (Å²) in [6.45, 7) is 0.660. The summed E-state index contributed by atoms with van der Waals surface area (Å²) in [6.07, 6.45) is 7.04. The van der Waals surface area contributed by atoms with Gasteiger partial charge in [0, 0.05) is 64.3 Å². The average Bonchev–Trinajstić information content (AvgIpc) is 3.24.